The van der Waals surface area contributed by atoms with Crippen LogP contribution >= 0.6 is 7.82 Å². The predicted molar refractivity (Wildman–Crippen MR) is 334 cm³/mol. The molecule has 0 bridgehead atoms. The van der Waals surface area contributed by atoms with Gasteiger partial charge in [-0.15, -0.1) is 0 Å². The van der Waals surface area contributed by atoms with Crippen molar-refractivity contribution in [2.24, 2.45) is 0 Å². The quantitative estimate of drug-likeness (QED) is 0.0197. The van der Waals surface area contributed by atoms with Crippen molar-refractivity contribution in [3.05, 3.63) is 122 Å². The van der Waals surface area contributed by atoms with E-state index >= 15 is 0 Å². The van der Waals surface area contributed by atoms with E-state index in [0.717, 1.165) is 128 Å². The SMILES string of the molecule is CC/C=C\C/C=C\C/C=C\C/C=C\C/C=C\C/C=C\CCC(=O)OCC(COP(=O)(O)OCC(CO)OC(=O)CCCCCCC/C=C\CCCCCCCC)OC(=O)CCCCCCCC/C=C\C/C=C\C/C=C\CCCCC. The Morgan fingerprint density at radius 3 is 1.09 bits per heavy atom. The first-order valence-electron chi connectivity index (χ1n) is 31.4. The van der Waals surface area contributed by atoms with Crippen LogP contribution in [-0.2, 0) is 42.2 Å². The fourth-order valence-electron chi connectivity index (χ4n) is 8.09. The molecule has 456 valence electrons. The first-order valence-corrected chi connectivity index (χ1v) is 32.9. The third-order valence-electron chi connectivity index (χ3n) is 12.9. The molecule has 0 saturated heterocycles. The van der Waals surface area contributed by atoms with Crippen molar-refractivity contribution in [3.63, 3.8) is 0 Å². The summed E-state index contributed by atoms with van der Waals surface area (Å²) >= 11 is 0. The second kappa shape index (κ2) is 61.0. The summed E-state index contributed by atoms with van der Waals surface area (Å²) in [7, 11) is -4.78. The van der Waals surface area contributed by atoms with Gasteiger partial charge in [0.05, 0.1) is 19.8 Å². The van der Waals surface area contributed by atoms with Gasteiger partial charge in [0.25, 0.3) is 0 Å². The molecule has 12 heteroatoms. The Bertz CT molecular complexity index is 1800. The molecule has 0 spiro atoms. The number of hydrogen-bond acceptors (Lipinski definition) is 10. The van der Waals surface area contributed by atoms with Gasteiger partial charge in [-0.25, -0.2) is 4.57 Å². The number of allylic oxidation sites excluding steroid dienone is 20. The standard InChI is InChI=1S/C68H113O11P/c1-4-7-10-13-16-19-22-25-28-30-32-34-37-39-42-45-48-51-54-57-66(70)75-61-65(79-68(72)59-56-53-50-47-44-41-38-35-33-31-29-26-23-20-17-14-11-8-5-2)63-77-80(73,74)76-62-64(60-69)78-67(71)58-55-52-49-46-43-40-36-27-24-21-18-15-12-9-6-3/h7,10,16-17,19-20,25-29,32-36,39,42,48,51,64-65,69H,4-6,8-9,11-15,18,21-24,30-31,37-38,40-41,43-47,49-50,52-63H2,1-3H3,(H,73,74)/b10-7-,19-16-,20-17-,28-25-,29-26-,34-32-,35-33-,36-27-,42-39-,51-48-. The summed E-state index contributed by atoms with van der Waals surface area (Å²) in [4.78, 5) is 48.7. The number of phosphoric ester groups is 1. The average Bonchev–Trinajstić information content (AvgIpc) is 3.45. The Labute approximate surface area is 487 Å². The summed E-state index contributed by atoms with van der Waals surface area (Å²) < 4.78 is 39.5. The van der Waals surface area contributed by atoms with E-state index in [2.05, 4.69) is 130 Å². The molecule has 0 aliphatic rings. The highest BCUT2D eigenvalue weighted by Gasteiger charge is 2.28. The number of phosphoric acid groups is 1. The highest BCUT2D eigenvalue weighted by atomic mass is 31.2. The van der Waals surface area contributed by atoms with Gasteiger partial charge >= 0.3 is 25.7 Å². The van der Waals surface area contributed by atoms with Crippen molar-refractivity contribution in [1.82, 2.24) is 0 Å². The molecule has 80 heavy (non-hydrogen) atoms. The molecule has 0 fully saturated rings. The summed E-state index contributed by atoms with van der Waals surface area (Å²) in [6, 6.07) is 0. The Kier molecular flexibility index (Phi) is 57.8. The Hall–Kier alpha value is -4.12. The van der Waals surface area contributed by atoms with Crippen molar-refractivity contribution < 1.29 is 52.2 Å². The van der Waals surface area contributed by atoms with E-state index in [9.17, 15) is 28.9 Å². The lowest BCUT2D eigenvalue weighted by atomic mass is 10.1. The van der Waals surface area contributed by atoms with Crippen LogP contribution in [0.25, 0.3) is 0 Å². The molecule has 0 saturated carbocycles. The van der Waals surface area contributed by atoms with Crippen molar-refractivity contribution >= 4 is 25.7 Å². The van der Waals surface area contributed by atoms with E-state index in [0.29, 0.717) is 19.3 Å². The fourth-order valence-corrected chi connectivity index (χ4v) is 8.87. The summed E-state index contributed by atoms with van der Waals surface area (Å²) in [5.74, 6) is -1.60. The Morgan fingerprint density at radius 2 is 0.675 bits per heavy atom. The maximum Gasteiger partial charge on any atom is 0.472 e. The number of aliphatic hydroxyl groups excluding tert-OH is 1. The Morgan fingerprint density at radius 1 is 0.362 bits per heavy atom. The molecule has 0 rings (SSSR count). The minimum atomic E-state index is -4.78. The first-order chi connectivity index (χ1) is 39.2. The third kappa shape index (κ3) is 58.5. The number of esters is 3. The largest absolute Gasteiger partial charge is 0.472 e. The zero-order valence-corrected chi connectivity index (χ0v) is 51.4. The van der Waals surface area contributed by atoms with Crippen LogP contribution in [0.5, 0.6) is 0 Å². The lowest BCUT2D eigenvalue weighted by molar-refractivity contribution is -0.161. The number of carbonyl (C=O) groups is 3. The maximum atomic E-state index is 12.9. The molecule has 3 atom stereocenters. The van der Waals surface area contributed by atoms with Gasteiger partial charge in [0.15, 0.2) is 6.10 Å². The van der Waals surface area contributed by atoms with E-state index in [1.165, 1.54) is 64.2 Å². The van der Waals surface area contributed by atoms with Crippen molar-refractivity contribution in [1.29, 1.82) is 0 Å². The molecular formula is C68H113O11P. The smallest absolute Gasteiger partial charge is 0.462 e. The monoisotopic (exact) mass is 1140 g/mol. The number of ether oxygens (including phenoxy) is 3. The number of aliphatic hydroxyl groups is 1. The molecule has 0 radical (unpaired) electrons. The molecule has 11 nitrogen and oxygen atoms in total. The molecule has 3 unspecified atom stereocenters. The summed E-state index contributed by atoms with van der Waals surface area (Å²) in [6.45, 7) is 4.40. The van der Waals surface area contributed by atoms with Crippen LogP contribution in [-0.4, -0.2) is 66.5 Å². The lowest BCUT2D eigenvalue weighted by Crippen LogP contribution is -2.30. The summed E-state index contributed by atoms with van der Waals surface area (Å²) in [5, 5.41) is 9.84. The van der Waals surface area contributed by atoms with Gasteiger partial charge in [-0.3, -0.25) is 23.4 Å². The number of hydrogen-bond donors (Lipinski definition) is 2. The second-order valence-corrected chi connectivity index (χ2v) is 21.9. The number of unbranched alkanes of at least 4 members (excludes halogenated alkanes) is 20. The molecule has 2 N–H and O–H groups in total. The minimum absolute atomic E-state index is 0.0921. The zero-order chi connectivity index (χ0) is 58.3. The van der Waals surface area contributed by atoms with E-state index in [-0.39, 0.29) is 25.9 Å². The van der Waals surface area contributed by atoms with Gasteiger partial charge in [-0.1, -0.05) is 232 Å². The van der Waals surface area contributed by atoms with Gasteiger partial charge in [0, 0.05) is 19.3 Å². The second-order valence-electron chi connectivity index (χ2n) is 20.5. The van der Waals surface area contributed by atoms with Crippen LogP contribution in [0.3, 0.4) is 0 Å². The fraction of sp³-hybridized carbons (Fsp3) is 0.662. The number of rotatable bonds is 57. The van der Waals surface area contributed by atoms with E-state index < -0.39 is 57.8 Å². The van der Waals surface area contributed by atoms with Crippen molar-refractivity contribution in [3.8, 4) is 0 Å². The number of carbonyl (C=O) groups excluding carboxylic acids is 3. The third-order valence-corrected chi connectivity index (χ3v) is 13.8. The van der Waals surface area contributed by atoms with Gasteiger partial charge in [0.1, 0.15) is 12.7 Å². The van der Waals surface area contributed by atoms with Gasteiger partial charge < -0.3 is 24.2 Å². The highest BCUT2D eigenvalue weighted by Crippen LogP contribution is 2.43. The Balaban J connectivity index is 4.86. The summed E-state index contributed by atoms with van der Waals surface area (Å²) in [5.41, 5.74) is 0. The van der Waals surface area contributed by atoms with Gasteiger partial charge in [-0.2, -0.15) is 0 Å². The zero-order valence-electron chi connectivity index (χ0n) is 50.5. The van der Waals surface area contributed by atoms with E-state index in [4.69, 9.17) is 23.3 Å². The van der Waals surface area contributed by atoms with Crippen LogP contribution in [0, 0.1) is 0 Å². The molecule has 0 heterocycles. The van der Waals surface area contributed by atoms with Crippen molar-refractivity contribution in [2.75, 3.05) is 26.4 Å². The van der Waals surface area contributed by atoms with Gasteiger partial charge in [0.2, 0.25) is 0 Å². The van der Waals surface area contributed by atoms with E-state index in [1.807, 2.05) is 12.2 Å². The molecule has 0 aliphatic carbocycles. The van der Waals surface area contributed by atoms with Crippen LogP contribution in [0.2, 0.25) is 0 Å². The van der Waals surface area contributed by atoms with Crippen LogP contribution in [0.4, 0.5) is 0 Å². The van der Waals surface area contributed by atoms with Gasteiger partial charge in [-0.05, 0) is 122 Å². The van der Waals surface area contributed by atoms with Crippen LogP contribution < -0.4 is 0 Å². The predicted octanol–water partition coefficient (Wildman–Crippen LogP) is 19.1. The first kappa shape index (κ1) is 75.9. The molecule has 0 aromatic carbocycles. The highest BCUT2D eigenvalue weighted by molar-refractivity contribution is 7.47. The lowest BCUT2D eigenvalue weighted by Gasteiger charge is -2.21. The molecule has 0 amide bonds. The van der Waals surface area contributed by atoms with Crippen molar-refractivity contribution in [2.45, 2.75) is 264 Å². The molecular weight excluding hydrogens is 1020 g/mol. The maximum absolute atomic E-state index is 12.9. The van der Waals surface area contributed by atoms with E-state index in [1.54, 1.807) is 0 Å². The molecule has 0 aliphatic heterocycles. The van der Waals surface area contributed by atoms with Crippen LogP contribution in [0.15, 0.2) is 122 Å². The minimum Gasteiger partial charge on any atom is -0.462 e. The molecule has 0 aromatic heterocycles. The average molecular weight is 1140 g/mol. The topological polar surface area (TPSA) is 155 Å². The normalized spacial score (nSPS) is 14.1. The van der Waals surface area contributed by atoms with Crippen LogP contribution in [0.1, 0.15) is 252 Å². The molecule has 0 aromatic rings. The summed E-state index contributed by atoms with van der Waals surface area (Å²) in [6.07, 6.45) is 75.9.